The van der Waals surface area contributed by atoms with Crippen LogP contribution in [0.25, 0.3) is 17.2 Å². The molecule has 38 heavy (non-hydrogen) atoms. The Labute approximate surface area is 225 Å². The van der Waals surface area contributed by atoms with Crippen LogP contribution in [0.1, 0.15) is 36.8 Å². The minimum absolute atomic E-state index is 0.0949. The Bertz CT molecular complexity index is 1310. The largest absolute Gasteiger partial charge is 0.466 e. The monoisotopic (exact) mass is 508 g/mol. The maximum absolute atomic E-state index is 14.0. The lowest BCUT2D eigenvalue weighted by Crippen LogP contribution is -2.38. The van der Waals surface area contributed by atoms with Gasteiger partial charge in [0.1, 0.15) is 0 Å². The predicted octanol–water partition coefficient (Wildman–Crippen LogP) is 6.58. The number of esters is 1. The standard InChI is InChI=1S/C33H36N2O3/c1-34(2)29-16-14-27(15-17-29)26-11-7-24(8-12-26)22-35(33(37)31-21-25-9-13-28(31)19-25)30-6-4-5-23(20-30)10-18-32(36)38-3/h4-8,10-12,14-18,20,25,28,31H,9,13,19,21-22H2,1-3H3/b18-10+/t25-,28+,31-/m1/s1. The fourth-order valence-corrected chi connectivity index (χ4v) is 6.01. The molecular formula is C33H36N2O3. The van der Waals surface area contributed by atoms with Crippen molar-refractivity contribution in [3.63, 3.8) is 0 Å². The third-order valence-corrected chi connectivity index (χ3v) is 8.13. The van der Waals surface area contributed by atoms with E-state index in [2.05, 4.69) is 53.4 Å². The van der Waals surface area contributed by atoms with Crippen LogP contribution in [0.4, 0.5) is 11.4 Å². The van der Waals surface area contributed by atoms with Crippen molar-refractivity contribution in [3.05, 3.63) is 90.0 Å². The summed E-state index contributed by atoms with van der Waals surface area (Å²) in [5, 5.41) is 0. The summed E-state index contributed by atoms with van der Waals surface area (Å²) in [6.07, 6.45) is 7.76. The summed E-state index contributed by atoms with van der Waals surface area (Å²) in [5.41, 5.74) is 6.29. The normalized spacial score (nSPS) is 20.0. The number of nitrogens with zero attached hydrogens (tertiary/aromatic N) is 2. The highest BCUT2D eigenvalue weighted by atomic mass is 16.5. The van der Waals surface area contributed by atoms with Crippen molar-refractivity contribution in [3.8, 4) is 11.1 Å². The second kappa shape index (κ2) is 11.3. The summed E-state index contributed by atoms with van der Waals surface area (Å²) in [6, 6.07) is 24.9. The van der Waals surface area contributed by atoms with Gasteiger partial charge >= 0.3 is 5.97 Å². The van der Waals surface area contributed by atoms with Gasteiger partial charge in [0.2, 0.25) is 5.91 Å². The zero-order chi connectivity index (χ0) is 26.6. The maximum atomic E-state index is 14.0. The van der Waals surface area contributed by atoms with Gasteiger partial charge in [-0.05, 0) is 83.7 Å². The van der Waals surface area contributed by atoms with Crippen molar-refractivity contribution in [2.75, 3.05) is 31.0 Å². The van der Waals surface area contributed by atoms with Gasteiger partial charge in [-0.15, -0.1) is 0 Å². The van der Waals surface area contributed by atoms with Crippen molar-refractivity contribution in [2.45, 2.75) is 32.2 Å². The third-order valence-electron chi connectivity index (χ3n) is 8.13. The van der Waals surface area contributed by atoms with Gasteiger partial charge in [-0.25, -0.2) is 4.79 Å². The number of amides is 1. The molecule has 2 saturated carbocycles. The first-order valence-corrected chi connectivity index (χ1v) is 13.5. The van der Waals surface area contributed by atoms with E-state index >= 15 is 0 Å². The van der Waals surface area contributed by atoms with Gasteiger partial charge in [-0.1, -0.05) is 55.0 Å². The molecule has 0 aliphatic heterocycles. The molecule has 0 heterocycles. The summed E-state index contributed by atoms with van der Waals surface area (Å²) in [5.74, 6) is 1.11. The number of anilines is 2. The number of hydrogen-bond donors (Lipinski definition) is 0. The molecule has 0 N–H and O–H groups in total. The van der Waals surface area contributed by atoms with E-state index in [9.17, 15) is 9.59 Å². The molecular weight excluding hydrogens is 472 g/mol. The van der Waals surface area contributed by atoms with Gasteiger partial charge in [0.05, 0.1) is 13.7 Å². The molecule has 5 rings (SSSR count). The predicted molar refractivity (Wildman–Crippen MR) is 154 cm³/mol. The van der Waals surface area contributed by atoms with Crippen LogP contribution in [0.15, 0.2) is 78.9 Å². The number of fused-ring (bicyclic) bond motifs is 2. The summed E-state index contributed by atoms with van der Waals surface area (Å²) in [6.45, 7) is 0.511. The van der Waals surface area contributed by atoms with E-state index in [1.165, 1.54) is 37.3 Å². The van der Waals surface area contributed by atoms with E-state index < -0.39 is 5.97 Å². The zero-order valence-corrected chi connectivity index (χ0v) is 22.5. The molecule has 5 nitrogen and oxygen atoms in total. The van der Waals surface area contributed by atoms with Crippen molar-refractivity contribution in [1.82, 2.24) is 0 Å². The molecule has 2 bridgehead atoms. The smallest absolute Gasteiger partial charge is 0.330 e. The number of methoxy groups -OCH3 is 1. The average Bonchev–Trinajstić information content (AvgIpc) is 3.59. The fraction of sp³-hybridized carbons (Fsp3) is 0.333. The number of ether oxygens (including phenoxy) is 1. The molecule has 5 heteroatoms. The van der Waals surface area contributed by atoms with Crippen LogP contribution < -0.4 is 9.80 Å². The summed E-state index contributed by atoms with van der Waals surface area (Å²) in [7, 11) is 5.44. The SMILES string of the molecule is COC(=O)/C=C/c1cccc(N(Cc2ccc(-c3ccc(N(C)C)cc3)cc2)C(=O)[C@@H]2C[C@@H]3CC[C@H]2C3)c1. The van der Waals surface area contributed by atoms with Gasteiger partial charge in [-0.3, -0.25) is 4.79 Å². The quantitative estimate of drug-likeness (QED) is 0.255. The van der Waals surface area contributed by atoms with Crippen LogP contribution in [0.3, 0.4) is 0 Å². The minimum atomic E-state index is -0.401. The first-order chi connectivity index (χ1) is 18.4. The molecule has 3 atom stereocenters. The molecule has 196 valence electrons. The van der Waals surface area contributed by atoms with Crippen LogP contribution in [0, 0.1) is 17.8 Å². The second-order valence-electron chi connectivity index (χ2n) is 10.8. The molecule has 3 aromatic carbocycles. The van der Waals surface area contributed by atoms with Gasteiger partial charge < -0.3 is 14.5 Å². The van der Waals surface area contributed by atoms with Crippen LogP contribution in [-0.2, 0) is 20.9 Å². The second-order valence-corrected chi connectivity index (χ2v) is 10.8. The van der Waals surface area contributed by atoms with Crippen LogP contribution in [-0.4, -0.2) is 33.1 Å². The Morgan fingerprint density at radius 2 is 1.61 bits per heavy atom. The number of carbonyl (C=O) groups excluding carboxylic acids is 2. The molecule has 1 amide bonds. The first-order valence-electron chi connectivity index (χ1n) is 13.5. The lowest BCUT2D eigenvalue weighted by Gasteiger charge is -2.30. The minimum Gasteiger partial charge on any atom is -0.466 e. The maximum Gasteiger partial charge on any atom is 0.330 e. The zero-order valence-electron chi connectivity index (χ0n) is 22.5. The lowest BCUT2D eigenvalue weighted by atomic mass is 9.87. The Hall–Kier alpha value is -3.86. The van der Waals surface area contributed by atoms with Gasteiger partial charge in [0.25, 0.3) is 0 Å². The highest BCUT2D eigenvalue weighted by Crippen LogP contribution is 2.49. The molecule has 0 saturated heterocycles. The topological polar surface area (TPSA) is 49.9 Å². The molecule has 0 unspecified atom stereocenters. The summed E-state index contributed by atoms with van der Waals surface area (Å²) < 4.78 is 4.73. The first kappa shape index (κ1) is 25.8. The van der Waals surface area contributed by atoms with Crippen molar-refractivity contribution in [2.24, 2.45) is 17.8 Å². The van der Waals surface area contributed by atoms with Crippen molar-refractivity contribution >= 4 is 29.3 Å². The van der Waals surface area contributed by atoms with Gasteiger partial charge in [-0.2, -0.15) is 0 Å². The molecule has 2 fully saturated rings. The van der Waals surface area contributed by atoms with Crippen LogP contribution in [0.2, 0.25) is 0 Å². The van der Waals surface area contributed by atoms with E-state index in [0.29, 0.717) is 18.4 Å². The highest BCUT2D eigenvalue weighted by Gasteiger charge is 2.44. The number of carbonyl (C=O) groups is 2. The Morgan fingerprint density at radius 1 is 0.895 bits per heavy atom. The van der Waals surface area contributed by atoms with E-state index in [1.54, 1.807) is 6.08 Å². The summed E-state index contributed by atoms with van der Waals surface area (Å²) >= 11 is 0. The molecule has 2 aliphatic carbocycles. The number of hydrogen-bond acceptors (Lipinski definition) is 4. The molecule has 0 radical (unpaired) electrons. The van der Waals surface area contributed by atoms with Crippen LogP contribution in [0.5, 0.6) is 0 Å². The molecule has 2 aliphatic rings. The number of benzene rings is 3. The Morgan fingerprint density at radius 3 is 2.21 bits per heavy atom. The van der Waals surface area contributed by atoms with E-state index in [1.807, 2.05) is 43.3 Å². The third kappa shape index (κ3) is 5.67. The molecule has 0 spiro atoms. The Balaban J connectivity index is 1.40. The average molecular weight is 509 g/mol. The van der Waals surface area contributed by atoms with Crippen molar-refractivity contribution in [1.29, 1.82) is 0 Å². The van der Waals surface area contributed by atoms with Gasteiger partial charge in [0, 0.05) is 37.5 Å². The number of rotatable bonds is 8. The van der Waals surface area contributed by atoms with Gasteiger partial charge in [0.15, 0.2) is 0 Å². The Kier molecular flexibility index (Phi) is 7.64. The van der Waals surface area contributed by atoms with E-state index in [-0.39, 0.29) is 11.8 Å². The highest BCUT2D eigenvalue weighted by molar-refractivity contribution is 5.96. The molecule has 3 aromatic rings. The van der Waals surface area contributed by atoms with E-state index in [4.69, 9.17) is 4.74 Å². The summed E-state index contributed by atoms with van der Waals surface area (Å²) in [4.78, 5) is 29.6. The lowest BCUT2D eigenvalue weighted by molar-refractivity contribution is -0.134. The van der Waals surface area contributed by atoms with E-state index in [0.717, 1.165) is 35.2 Å². The van der Waals surface area contributed by atoms with Crippen LogP contribution >= 0.6 is 0 Å². The van der Waals surface area contributed by atoms with Crippen molar-refractivity contribution < 1.29 is 14.3 Å². The molecule has 0 aromatic heterocycles. The fourth-order valence-electron chi connectivity index (χ4n) is 6.01.